The van der Waals surface area contributed by atoms with Crippen LogP contribution in [0.1, 0.15) is 29.5 Å². The minimum absolute atomic E-state index is 0.429. The highest BCUT2D eigenvalue weighted by Crippen LogP contribution is 1.94. The van der Waals surface area contributed by atoms with Crippen LogP contribution in [0.15, 0.2) is 18.2 Å². The van der Waals surface area contributed by atoms with Gasteiger partial charge in [0.25, 0.3) is 0 Å². The van der Waals surface area contributed by atoms with Crippen molar-refractivity contribution in [2.75, 3.05) is 0 Å². The highest BCUT2D eigenvalue weighted by Gasteiger charge is 1.90. The summed E-state index contributed by atoms with van der Waals surface area (Å²) in [5.41, 5.74) is 1.08. The Morgan fingerprint density at radius 2 is 2.42 bits per heavy atom. The van der Waals surface area contributed by atoms with Crippen LogP contribution in [0.2, 0.25) is 0 Å². The predicted octanol–water partition coefficient (Wildman–Crippen LogP) is 1.66. The van der Waals surface area contributed by atoms with Gasteiger partial charge in [0, 0.05) is 6.42 Å². The molecule has 2 heteroatoms. The van der Waals surface area contributed by atoms with E-state index in [1.54, 1.807) is 18.2 Å². The average molecular weight is 159 g/mol. The first-order valence-electron chi connectivity index (χ1n) is 3.78. The van der Waals surface area contributed by atoms with Gasteiger partial charge in [-0.3, -0.25) is 4.79 Å². The summed E-state index contributed by atoms with van der Waals surface area (Å²) in [5.74, 6) is 5.74. The van der Waals surface area contributed by atoms with Crippen molar-refractivity contribution in [2.24, 2.45) is 0 Å². The Labute approximate surface area is 71.6 Å². The number of aromatic nitrogens is 1. The minimum atomic E-state index is 0.429. The molecule has 0 fully saturated rings. The van der Waals surface area contributed by atoms with Crippen LogP contribution >= 0.6 is 0 Å². The molecular weight excluding hydrogens is 150 g/mol. The number of hydrogen-bond donors (Lipinski definition) is 0. The van der Waals surface area contributed by atoms with Crippen molar-refractivity contribution in [1.29, 1.82) is 0 Å². The van der Waals surface area contributed by atoms with Gasteiger partial charge in [0.05, 0.1) is 0 Å². The van der Waals surface area contributed by atoms with Crippen molar-refractivity contribution in [3.05, 3.63) is 29.6 Å². The van der Waals surface area contributed by atoms with E-state index in [0.717, 1.165) is 12.7 Å². The monoisotopic (exact) mass is 159 g/mol. The van der Waals surface area contributed by atoms with Gasteiger partial charge in [-0.15, -0.1) is 0 Å². The van der Waals surface area contributed by atoms with Crippen LogP contribution in [0.3, 0.4) is 0 Å². The van der Waals surface area contributed by atoms with Crippen molar-refractivity contribution < 1.29 is 4.79 Å². The van der Waals surface area contributed by atoms with Crippen LogP contribution in [0, 0.1) is 11.8 Å². The van der Waals surface area contributed by atoms with Gasteiger partial charge < -0.3 is 0 Å². The highest BCUT2D eigenvalue weighted by molar-refractivity contribution is 5.71. The van der Waals surface area contributed by atoms with Crippen LogP contribution in [-0.4, -0.2) is 11.3 Å². The summed E-state index contributed by atoms with van der Waals surface area (Å²) in [7, 11) is 0. The van der Waals surface area contributed by atoms with Gasteiger partial charge in [-0.1, -0.05) is 18.9 Å². The fourth-order valence-electron chi connectivity index (χ4n) is 0.766. The molecule has 0 aliphatic rings. The van der Waals surface area contributed by atoms with E-state index in [-0.39, 0.29) is 0 Å². The van der Waals surface area contributed by atoms with Crippen LogP contribution < -0.4 is 0 Å². The van der Waals surface area contributed by atoms with Gasteiger partial charge in [-0.25, -0.2) is 4.98 Å². The maximum Gasteiger partial charge on any atom is 0.168 e. The lowest BCUT2D eigenvalue weighted by atomic mass is 10.3. The van der Waals surface area contributed by atoms with E-state index in [9.17, 15) is 4.79 Å². The van der Waals surface area contributed by atoms with Crippen molar-refractivity contribution in [3.63, 3.8) is 0 Å². The van der Waals surface area contributed by atoms with Gasteiger partial charge >= 0.3 is 0 Å². The van der Waals surface area contributed by atoms with Gasteiger partial charge in [0.15, 0.2) is 6.29 Å². The quantitative estimate of drug-likeness (QED) is 0.460. The van der Waals surface area contributed by atoms with Crippen molar-refractivity contribution in [1.82, 2.24) is 4.98 Å². The molecule has 0 amide bonds. The molecule has 0 atom stereocenters. The molecule has 2 nitrogen and oxygen atoms in total. The summed E-state index contributed by atoms with van der Waals surface area (Å²) in [4.78, 5) is 14.3. The maximum atomic E-state index is 10.3. The minimum Gasteiger partial charge on any atom is -0.296 e. The SMILES string of the molecule is CCC#Cc1cccc(C=O)n1. The number of hydrogen-bond acceptors (Lipinski definition) is 2. The first-order chi connectivity index (χ1) is 5.86. The molecule has 1 heterocycles. The van der Waals surface area contributed by atoms with Crippen LogP contribution in [0.5, 0.6) is 0 Å². The van der Waals surface area contributed by atoms with E-state index in [0.29, 0.717) is 11.4 Å². The normalized spacial score (nSPS) is 8.42. The molecule has 1 rings (SSSR count). The molecule has 0 aromatic carbocycles. The van der Waals surface area contributed by atoms with E-state index in [1.807, 2.05) is 6.92 Å². The molecule has 1 aromatic rings. The van der Waals surface area contributed by atoms with E-state index in [2.05, 4.69) is 16.8 Å². The summed E-state index contributed by atoms with van der Waals surface area (Å²) >= 11 is 0. The Morgan fingerprint density at radius 1 is 1.58 bits per heavy atom. The van der Waals surface area contributed by atoms with E-state index >= 15 is 0 Å². The first-order valence-corrected chi connectivity index (χ1v) is 3.78. The van der Waals surface area contributed by atoms with E-state index in [4.69, 9.17) is 0 Å². The number of aldehydes is 1. The van der Waals surface area contributed by atoms with Crippen LogP contribution in [-0.2, 0) is 0 Å². The average Bonchev–Trinajstić information content (AvgIpc) is 2.15. The molecule has 0 aliphatic heterocycles. The lowest BCUT2D eigenvalue weighted by Crippen LogP contribution is -1.88. The molecule has 0 saturated heterocycles. The zero-order valence-electron chi connectivity index (χ0n) is 6.87. The number of carbonyl (C=O) groups is 1. The van der Waals surface area contributed by atoms with Gasteiger partial charge in [-0.2, -0.15) is 0 Å². The second kappa shape index (κ2) is 4.30. The summed E-state index contributed by atoms with van der Waals surface area (Å²) < 4.78 is 0. The Bertz CT molecular complexity index is 333. The fourth-order valence-corrected chi connectivity index (χ4v) is 0.766. The zero-order chi connectivity index (χ0) is 8.81. The molecule has 12 heavy (non-hydrogen) atoms. The molecule has 0 spiro atoms. The third-order valence-electron chi connectivity index (χ3n) is 1.28. The van der Waals surface area contributed by atoms with Crippen LogP contribution in [0.4, 0.5) is 0 Å². The molecule has 0 radical (unpaired) electrons. The largest absolute Gasteiger partial charge is 0.296 e. The molecule has 0 aliphatic carbocycles. The topological polar surface area (TPSA) is 30.0 Å². The molecule has 60 valence electrons. The Hall–Kier alpha value is -1.62. The summed E-state index contributed by atoms with van der Waals surface area (Å²) in [6, 6.07) is 5.22. The third-order valence-corrected chi connectivity index (χ3v) is 1.28. The van der Waals surface area contributed by atoms with E-state index in [1.165, 1.54) is 0 Å². The number of pyridine rings is 1. The second-order valence-electron chi connectivity index (χ2n) is 2.22. The molecule has 0 bridgehead atoms. The summed E-state index contributed by atoms with van der Waals surface area (Å²) in [6.45, 7) is 1.97. The third kappa shape index (κ3) is 2.21. The molecule has 0 saturated carbocycles. The lowest BCUT2D eigenvalue weighted by Gasteiger charge is -1.89. The zero-order valence-corrected chi connectivity index (χ0v) is 6.87. The van der Waals surface area contributed by atoms with Crippen LogP contribution in [0.25, 0.3) is 0 Å². The van der Waals surface area contributed by atoms with Gasteiger partial charge in [-0.05, 0) is 18.1 Å². The highest BCUT2D eigenvalue weighted by atomic mass is 16.1. The summed E-state index contributed by atoms with van der Waals surface area (Å²) in [6.07, 6.45) is 1.52. The smallest absolute Gasteiger partial charge is 0.168 e. The van der Waals surface area contributed by atoms with Crippen molar-refractivity contribution in [2.45, 2.75) is 13.3 Å². The number of carbonyl (C=O) groups excluding carboxylic acids is 1. The van der Waals surface area contributed by atoms with E-state index < -0.39 is 0 Å². The number of rotatable bonds is 1. The second-order valence-corrected chi connectivity index (χ2v) is 2.22. The van der Waals surface area contributed by atoms with Gasteiger partial charge in [0.2, 0.25) is 0 Å². The Morgan fingerprint density at radius 3 is 3.08 bits per heavy atom. The molecule has 1 aromatic heterocycles. The number of nitrogens with zero attached hydrogens (tertiary/aromatic N) is 1. The first kappa shape index (κ1) is 8.48. The molecule has 0 unspecified atom stereocenters. The Kier molecular flexibility index (Phi) is 3.04. The Balaban J connectivity index is 2.93. The summed E-state index contributed by atoms with van der Waals surface area (Å²) in [5, 5.41) is 0. The van der Waals surface area contributed by atoms with Crippen molar-refractivity contribution >= 4 is 6.29 Å². The molecule has 0 N–H and O–H groups in total. The lowest BCUT2D eigenvalue weighted by molar-refractivity contribution is 0.111. The standard InChI is InChI=1S/C10H9NO/c1-2-3-5-9-6-4-7-10(8-12)11-9/h4,6-8H,2H2,1H3. The molecular formula is C10H9NO. The maximum absolute atomic E-state index is 10.3. The fraction of sp³-hybridized carbons (Fsp3) is 0.200. The van der Waals surface area contributed by atoms with Gasteiger partial charge in [0.1, 0.15) is 11.4 Å². The van der Waals surface area contributed by atoms with Crippen molar-refractivity contribution in [3.8, 4) is 11.8 Å². The predicted molar refractivity (Wildman–Crippen MR) is 46.8 cm³/mol.